The molecule has 1 aliphatic rings. The summed E-state index contributed by atoms with van der Waals surface area (Å²) in [7, 11) is 0. The Morgan fingerprint density at radius 3 is 2.84 bits per heavy atom. The summed E-state index contributed by atoms with van der Waals surface area (Å²) in [6, 6.07) is 2.62. The van der Waals surface area contributed by atoms with Gasteiger partial charge in [0.15, 0.2) is 6.61 Å². The number of hydrogen-bond acceptors (Lipinski definition) is 4. The summed E-state index contributed by atoms with van der Waals surface area (Å²) < 4.78 is 5.31. The highest BCUT2D eigenvalue weighted by Gasteiger charge is 2.38. The van der Waals surface area contributed by atoms with Crippen LogP contribution in [0.3, 0.4) is 0 Å². The predicted octanol–water partition coefficient (Wildman–Crippen LogP) is 0.924. The van der Waals surface area contributed by atoms with Gasteiger partial charge < -0.3 is 14.7 Å². The normalized spacial score (nSPS) is 15.6. The molecule has 1 fully saturated rings. The van der Waals surface area contributed by atoms with E-state index in [0.717, 1.165) is 12.8 Å². The van der Waals surface area contributed by atoms with Crippen molar-refractivity contribution in [2.24, 2.45) is 0 Å². The van der Waals surface area contributed by atoms with Crippen molar-refractivity contribution in [3.05, 3.63) is 24.5 Å². The molecule has 0 radical (unpaired) electrons. The largest absolute Gasteiger partial charge is 0.482 e. The van der Waals surface area contributed by atoms with Gasteiger partial charge in [-0.15, -0.1) is 0 Å². The van der Waals surface area contributed by atoms with Gasteiger partial charge in [-0.3, -0.25) is 9.78 Å². The lowest BCUT2D eigenvalue weighted by Crippen LogP contribution is -2.46. The van der Waals surface area contributed by atoms with E-state index in [4.69, 9.17) is 9.84 Å². The zero-order chi connectivity index (χ0) is 13.8. The minimum absolute atomic E-state index is 0.0381. The standard InChI is InChI=1S/C13H16N2O4/c1-9(13(17)18)15(10-4-5-10)12(16)8-19-11-3-2-6-14-7-11/h2-3,6-7,9-10H,4-5,8H2,1H3,(H,17,18). The smallest absolute Gasteiger partial charge is 0.326 e. The topological polar surface area (TPSA) is 79.7 Å². The fourth-order valence-corrected chi connectivity index (χ4v) is 1.86. The van der Waals surface area contributed by atoms with Crippen molar-refractivity contribution in [3.8, 4) is 5.75 Å². The Bertz CT molecular complexity index is 459. The molecule has 6 nitrogen and oxygen atoms in total. The van der Waals surface area contributed by atoms with E-state index >= 15 is 0 Å². The second-order valence-electron chi connectivity index (χ2n) is 4.52. The summed E-state index contributed by atoms with van der Waals surface area (Å²) in [6.07, 6.45) is 4.83. The summed E-state index contributed by atoms with van der Waals surface area (Å²) >= 11 is 0. The molecule has 1 unspecified atom stereocenters. The minimum atomic E-state index is -0.998. The summed E-state index contributed by atoms with van der Waals surface area (Å²) in [6.45, 7) is 1.35. The van der Waals surface area contributed by atoms with Crippen LogP contribution in [0, 0.1) is 0 Å². The summed E-state index contributed by atoms with van der Waals surface area (Å²) in [5.41, 5.74) is 0. The van der Waals surface area contributed by atoms with E-state index in [-0.39, 0.29) is 18.6 Å². The molecule has 102 valence electrons. The Morgan fingerprint density at radius 2 is 2.32 bits per heavy atom. The fraction of sp³-hybridized carbons (Fsp3) is 0.462. The lowest BCUT2D eigenvalue weighted by atomic mass is 10.2. The highest BCUT2D eigenvalue weighted by Crippen LogP contribution is 2.29. The number of carboxylic acids is 1. The second kappa shape index (κ2) is 5.69. The molecule has 0 spiro atoms. The first kappa shape index (κ1) is 13.3. The van der Waals surface area contributed by atoms with Crippen LogP contribution in [-0.4, -0.2) is 45.6 Å². The van der Waals surface area contributed by atoms with Crippen molar-refractivity contribution in [2.45, 2.75) is 31.8 Å². The molecule has 1 atom stereocenters. The maximum atomic E-state index is 12.1. The molecule has 0 aromatic carbocycles. The first-order valence-electron chi connectivity index (χ1n) is 6.16. The molecule has 1 heterocycles. The number of carbonyl (C=O) groups excluding carboxylic acids is 1. The van der Waals surface area contributed by atoms with E-state index in [0.29, 0.717) is 5.75 Å². The Balaban J connectivity index is 1.95. The van der Waals surface area contributed by atoms with Gasteiger partial charge in [0.25, 0.3) is 5.91 Å². The van der Waals surface area contributed by atoms with Crippen LogP contribution in [-0.2, 0) is 9.59 Å². The molecule has 19 heavy (non-hydrogen) atoms. The number of carbonyl (C=O) groups is 2. The molecule has 1 aliphatic carbocycles. The molecule has 1 saturated carbocycles. The van der Waals surface area contributed by atoms with Gasteiger partial charge in [-0.25, -0.2) is 4.79 Å². The van der Waals surface area contributed by atoms with E-state index in [1.807, 2.05) is 0 Å². The lowest BCUT2D eigenvalue weighted by Gasteiger charge is -2.26. The van der Waals surface area contributed by atoms with Gasteiger partial charge in [0, 0.05) is 12.2 Å². The zero-order valence-electron chi connectivity index (χ0n) is 10.7. The molecule has 1 N–H and O–H groups in total. The van der Waals surface area contributed by atoms with Crippen LogP contribution in [0.1, 0.15) is 19.8 Å². The Kier molecular flexibility index (Phi) is 3.99. The van der Waals surface area contributed by atoms with E-state index < -0.39 is 12.0 Å². The van der Waals surface area contributed by atoms with Crippen LogP contribution in [0.2, 0.25) is 0 Å². The maximum absolute atomic E-state index is 12.1. The summed E-state index contributed by atoms with van der Waals surface area (Å²) in [5.74, 6) is -0.808. The number of rotatable bonds is 6. The van der Waals surface area contributed by atoms with Crippen LogP contribution >= 0.6 is 0 Å². The van der Waals surface area contributed by atoms with Gasteiger partial charge in [-0.1, -0.05) is 0 Å². The fourth-order valence-electron chi connectivity index (χ4n) is 1.86. The van der Waals surface area contributed by atoms with Gasteiger partial charge in [-0.2, -0.15) is 0 Å². The molecular formula is C13H16N2O4. The molecular weight excluding hydrogens is 248 g/mol. The number of nitrogens with zero attached hydrogens (tertiary/aromatic N) is 2. The first-order chi connectivity index (χ1) is 9.09. The number of amides is 1. The number of aromatic nitrogens is 1. The average molecular weight is 264 g/mol. The summed E-state index contributed by atoms with van der Waals surface area (Å²) in [5, 5.41) is 9.02. The number of ether oxygens (including phenoxy) is 1. The van der Waals surface area contributed by atoms with Crippen molar-refractivity contribution in [2.75, 3.05) is 6.61 Å². The lowest BCUT2D eigenvalue weighted by molar-refractivity contribution is -0.150. The Hall–Kier alpha value is -2.11. The maximum Gasteiger partial charge on any atom is 0.326 e. The molecule has 0 aliphatic heterocycles. The summed E-state index contributed by atoms with van der Waals surface area (Å²) in [4.78, 5) is 28.3. The van der Waals surface area contributed by atoms with Gasteiger partial charge in [-0.05, 0) is 31.9 Å². The number of aliphatic carboxylic acids is 1. The van der Waals surface area contributed by atoms with Crippen LogP contribution in [0.25, 0.3) is 0 Å². The van der Waals surface area contributed by atoms with Gasteiger partial charge in [0.2, 0.25) is 0 Å². The van der Waals surface area contributed by atoms with E-state index in [2.05, 4.69) is 4.98 Å². The van der Waals surface area contributed by atoms with Crippen molar-refractivity contribution in [1.29, 1.82) is 0 Å². The van der Waals surface area contributed by atoms with E-state index in [9.17, 15) is 9.59 Å². The van der Waals surface area contributed by atoms with Crippen LogP contribution in [0.5, 0.6) is 5.75 Å². The third-order valence-corrected chi connectivity index (χ3v) is 3.00. The van der Waals surface area contributed by atoms with Crippen molar-refractivity contribution in [3.63, 3.8) is 0 Å². The van der Waals surface area contributed by atoms with Crippen molar-refractivity contribution >= 4 is 11.9 Å². The number of pyridine rings is 1. The SMILES string of the molecule is CC(C(=O)O)N(C(=O)COc1cccnc1)C1CC1. The highest BCUT2D eigenvalue weighted by molar-refractivity contribution is 5.84. The second-order valence-corrected chi connectivity index (χ2v) is 4.52. The first-order valence-corrected chi connectivity index (χ1v) is 6.16. The monoisotopic (exact) mass is 264 g/mol. The predicted molar refractivity (Wildman–Crippen MR) is 66.7 cm³/mol. The van der Waals surface area contributed by atoms with E-state index in [1.165, 1.54) is 18.0 Å². The third kappa shape index (κ3) is 3.43. The number of carboxylic acid groups (broad SMARTS) is 1. The Labute approximate surface area is 111 Å². The third-order valence-electron chi connectivity index (χ3n) is 3.00. The Morgan fingerprint density at radius 1 is 1.58 bits per heavy atom. The van der Waals surface area contributed by atoms with Crippen molar-refractivity contribution in [1.82, 2.24) is 9.88 Å². The number of hydrogen-bond donors (Lipinski definition) is 1. The zero-order valence-corrected chi connectivity index (χ0v) is 10.7. The molecule has 1 aromatic heterocycles. The van der Waals surface area contributed by atoms with Crippen LogP contribution in [0.4, 0.5) is 0 Å². The van der Waals surface area contributed by atoms with Gasteiger partial charge in [0.1, 0.15) is 11.8 Å². The minimum Gasteiger partial charge on any atom is -0.482 e. The van der Waals surface area contributed by atoms with Crippen LogP contribution in [0.15, 0.2) is 24.5 Å². The highest BCUT2D eigenvalue weighted by atomic mass is 16.5. The molecule has 0 bridgehead atoms. The molecule has 6 heteroatoms. The van der Waals surface area contributed by atoms with E-state index in [1.54, 1.807) is 18.3 Å². The quantitative estimate of drug-likeness (QED) is 0.826. The van der Waals surface area contributed by atoms with Gasteiger partial charge in [0.05, 0.1) is 6.20 Å². The van der Waals surface area contributed by atoms with Gasteiger partial charge >= 0.3 is 5.97 Å². The van der Waals surface area contributed by atoms with Crippen LogP contribution < -0.4 is 4.74 Å². The van der Waals surface area contributed by atoms with Crippen molar-refractivity contribution < 1.29 is 19.4 Å². The molecule has 2 rings (SSSR count). The molecule has 0 saturated heterocycles. The molecule has 1 amide bonds. The molecule has 1 aromatic rings. The average Bonchev–Trinajstić information content (AvgIpc) is 3.22.